The monoisotopic (exact) mass is 289 g/mol. The summed E-state index contributed by atoms with van der Waals surface area (Å²) in [5.41, 5.74) is 0. The molecule has 0 spiro atoms. The average Bonchev–Trinajstić information content (AvgIpc) is 2.79. The quantitative estimate of drug-likeness (QED) is 0.781. The lowest BCUT2D eigenvalue weighted by atomic mass is 10.2. The van der Waals surface area contributed by atoms with Crippen LogP contribution in [0.15, 0.2) is 23.2 Å². The van der Waals surface area contributed by atoms with Gasteiger partial charge < -0.3 is 4.90 Å². The normalized spacial score (nSPS) is 21.7. The molecule has 7 heteroatoms. The number of likely N-dealkylation sites (N-methyl/N-ethyl adjacent to an activating group) is 1. The minimum Gasteiger partial charge on any atom is -0.305 e. The highest BCUT2D eigenvalue weighted by Gasteiger charge is 2.34. The van der Waals surface area contributed by atoms with E-state index in [2.05, 4.69) is 4.98 Å². The van der Waals surface area contributed by atoms with Crippen molar-refractivity contribution in [2.45, 2.75) is 17.4 Å². The van der Waals surface area contributed by atoms with Crippen LogP contribution < -0.4 is 0 Å². The molecule has 2 rings (SSSR count). The summed E-state index contributed by atoms with van der Waals surface area (Å²) in [5.74, 6) is 0. The fourth-order valence-corrected chi connectivity index (χ4v) is 3.97. The molecule has 1 aliphatic heterocycles. The molecule has 0 amide bonds. The second kappa shape index (κ2) is 5.13. The van der Waals surface area contributed by atoms with E-state index >= 15 is 0 Å². The van der Waals surface area contributed by atoms with E-state index in [0.717, 1.165) is 6.42 Å². The maximum absolute atomic E-state index is 12.4. The zero-order chi connectivity index (χ0) is 13.3. The Hall–Kier alpha value is -0.690. The Kier molecular flexibility index (Phi) is 3.91. The van der Waals surface area contributed by atoms with Crippen molar-refractivity contribution in [2.75, 3.05) is 27.2 Å². The van der Waals surface area contributed by atoms with E-state index in [9.17, 15) is 8.42 Å². The Bertz CT molecular complexity index is 533. The molecule has 0 saturated carbocycles. The average molecular weight is 290 g/mol. The molecule has 1 saturated heterocycles. The number of aromatic nitrogens is 1. The van der Waals surface area contributed by atoms with Crippen LogP contribution in [-0.4, -0.2) is 55.8 Å². The first kappa shape index (κ1) is 13.7. The largest absolute Gasteiger partial charge is 0.305 e. The number of nitrogens with zero attached hydrogens (tertiary/aromatic N) is 3. The minimum atomic E-state index is -3.52. The third-order valence-corrected chi connectivity index (χ3v) is 5.51. The fourth-order valence-electron chi connectivity index (χ4n) is 2.05. The van der Waals surface area contributed by atoms with Gasteiger partial charge in [0, 0.05) is 25.3 Å². The topological polar surface area (TPSA) is 53.5 Å². The second-order valence-corrected chi connectivity index (χ2v) is 6.83. The number of halogens is 1. The van der Waals surface area contributed by atoms with Crippen molar-refractivity contribution in [3.05, 3.63) is 23.5 Å². The minimum absolute atomic E-state index is 0.0332. The van der Waals surface area contributed by atoms with Gasteiger partial charge in [-0.2, -0.15) is 4.31 Å². The number of pyridine rings is 1. The molecule has 1 aliphatic rings. The van der Waals surface area contributed by atoms with Gasteiger partial charge in [-0.1, -0.05) is 11.6 Å². The second-order valence-electron chi connectivity index (χ2n) is 4.56. The third kappa shape index (κ3) is 2.51. The van der Waals surface area contributed by atoms with Crippen LogP contribution in [0.2, 0.25) is 5.15 Å². The number of rotatable bonds is 3. The molecule has 1 aromatic heterocycles. The molecule has 0 radical (unpaired) electrons. The molecule has 1 unspecified atom stereocenters. The number of hydrogen-bond donors (Lipinski definition) is 0. The molecule has 1 fully saturated rings. The van der Waals surface area contributed by atoms with Crippen molar-refractivity contribution in [1.82, 2.24) is 14.2 Å². The van der Waals surface area contributed by atoms with Gasteiger partial charge in [-0.3, -0.25) is 0 Å². The fraction of sp³-hybridized carbons (Fsp3) is 0.545. The van der Waals surface area contributed by atoms with Gasteiger partial charge in [0.2, 0.25) is 10.0 Å². The highest BCUT2D eigenvalue weighted by molar-refractivity contribution is 7.89. The summed E-state index contributed by atoms with van der Waals surface area (Å²) < 4.78 is 26.3. The molecule has 100 valence electrons. The van der Waals surface area contributed by atoms with E-state index in [1.54, 1.807) is 6.07 Å². The standard InChI is InChI=1S/C11H16ClN3O2S/c1-14(2)9-5-7-15(8-9)18(16,17)10-4-3-6-13-11(10)12/h3-4,6,9H,5,7-8H2,1-2H3. The molecule has 0 N–H and O–H groups in total. The van der Waals surface area contributed by atoms with E-state index in [-0.39, 0.29) is 16.1 Å². The molecule has 5 nitrogen and oxygen atoms in total. The molecule has 1 aromatic rings. The van der Waals surface area contributed by atoms with Gasteiger partial charge >= 0.3 is 0 Å². The molecule has 0 aliphatic carbocycles. The van der Waals surface area contributed by atoms with Crippen molar-refractivity contribution >= 4 is 21.6 Å². The summed E-state index contributed by atoms with van der Waals surface area (Å²) in [6.07, 6.45) is 2.32. The van der Waals surface area contributed by atoms with Gasteiger partial charge in [-0.15, -0.1) is 0 Å². The van der Waals surface area contributed by atoms with Crippen molar-refractivity contribution < 1.29 is 8.42 Å². The van der Waals surface area contributed by atoms with Crippen LogP contribution >= 0.6 is 11.6 Å². The van der Waals surface area contributed by atoms with Gasteiger partial charge in [0.05, 0.1) is 0 Å². The van der Waals surface area contributed by atoms with E-state index in [1.165, 1.54) is 16.6 Å². The van der Waals surface area contributed by atoms with Gasteiger partial charge in [0.1, 0.15) is 10.0 Å². The summed E-state index contributed by atoms with van der Waals surface area (Å²) in [5, 5.41) is 0.0332. The Morgan fingerprint density at radius 2 is 2.22 bits per heavy atom. The lowest BCUT2D eigenvalue weighted by Crippen LogP contribution is -2.34. The summed E-state index contributed by atoms with van der Waals surface area (Å²) in [4.78, 5) is 5.95. The number of hydrogen-bond acceptors (Lipinski definition) is 4. The zero-order valence-corrected chi connectivity index (χ0v) is 11.9. The van der Waals surface area contributed by atoms with Crippen molar-refractivity contribution in [2.24, 2.45) is 0 Å². The van der Waals surface area contributed by atoms with E-state index in [0.29, 0.717) is 13.1 Å². The lowest BCUT2D eigenvalue weighted by Gasteiger charge is -2.20. The number of sulfonamides is 1. The Balaban J connectivity index is 2.26. The van der Waals surface area contributed by atoms with E-state index in [1.807, 2.05) is 19.0 Å². The van der Waals surface area contributed by atoms with Crippen LogP contribution in [0.4, 0.5) is 0 Å². The molecule has 1 atom stereocenters. The predicted octanol–water partition coefficient (Wildman–Crippen LogP) is 1.06. The van der Waals surface area contributed by atoms with Crippen LogP contribution in [0.1, 0.15) is 6.42 Å². The lowest BCUT2D eigenvalue weighted by molar-refractivity contribution is 0.302. The Labute approximate surface area is 112 Å². The van der Waals surface area contributed by atoms with Gasteiger partial charge in [-0.25, -0.2) is 13.4 Å². The predicted molar refractivity (Wildman–Crippen MR) is 70.1 cm³/mol. The highest BCUT2D eigenvalue weighted by Crippen LogP contribution is 2.26. The summed E-state index contributed by atoms with van der Waals surface area (Å²) >= 11 is 5.86. The summed E-state index contributed by atoms with van der Waals surface area (Å²) in [6.45, 7) is 1.02. The van der Waals surface area contributed by atoms with Crippen LogP contribution in [0.25, 0.3) is 0 Å². The van der Waals surface area contributed by atoms with E-state index < -0.39 is 10.0 Å². The molecule has 2 heterocycles. The van der Waals surface area contributed by atoms with Crippen molar-refractivity contribution in [3.63, 3.8) is 0 Å². The molecule has 18 heavy (non-hydrogen) atoms. The van der Waals surface area contributed by atoms with Crippen LogP contribution in [0, 0.1) is 0 Å². The van der Waals surface area contributed by atoms with Gasteiger partial charge in [0.25, 0.3) is 0 Å². The first-order chi connectivity index (χ1) is 8.43. The van der Waals surface area contributed by atoms with Gasteiger partial charge in [-0.05, 0) is 32.6 Å². The van der Waals surface area contributed by atoms with Crippen molar-refractivity contribution in [1.29, 1.82) is 0 Å². The summed E-state index contributed by atoms with van der Waals surface area (Å²) in [6, 6.07) is 3.33. The Morgan fingerprint density at radius 3 is 2.78 bits per heavy atom. The summed E-state index contributed by atoms with van der Waals surface area (Å²) in [7, 11) is 0.389. The molecule has 0 bridgehead atoms. The molecule has 0 aromatic carbocycles. The van der Waals surface area contributed by atoms with Crippen molar-refractivity contribution in [3.8, 4) is 0 Å². The van der Waals surface area contributed by atoms with E-state index in [4.69, 9.17) is 11.6 Å². The third-order valence-electron chi connectivity index (χ3n) is 3.20. The van der Waals surface area contributed by atoms with Crippen LogP contribution in [0.3, 0.4) is 0 Å². The maximum Gasteiger partial charge on any atom is 0.246 e. The molecular weight excluding hydrogens is 274 g/mol. The SMILES string of the molecule is CN(C)C1CCN(S(=O)(=O)c2cccnc2Cl)C1. The maximum atomic E-state index is 12.4. The smallest absolute Gasteiger partial charge is 0.246 e. The highest BCUT2D eigenvalue weighted by atomic mass is 35.5. The zero-order valence-electron chi connectivity index (χ0n) is 10.4. The van der Waals surface area contributed by atoms with Crippen LogP contribution in [-0.2, 0) is 10.0 Å². The van der Waals surface area contributed by atoms with Gasteiger partial charge in [0.15, 0.2) is 0 Å². The Morgan fingerprint density at radius 1 is 1.50 bits per heavy atom. The van der Waals surface area contributed by atoms with Crippen LogP contribution in [0.5, 0.6) is 0 Å². The first-order valence-electron chi connectivity index (χ1n) is 5.70. The first-order valence-corrected chi connectivity index (χ1v) is 7.52. The molecular formula is C11H16ClN3O2S.